The Balaban J connectivity index is 1.93. The first-order valence-corrected chi connectivity index (χ1v) is 9.52. The van der Waals surface area contributed by atoms with Gasteiger partial charge in [-0.05, 0) is 56.2 Å². The van der Waals surface area contributed by atoms with Gasteiger partial charge in [-0.25, -0.2) is 0 Å². The molecule has 2 heterocycles. The number of pyridine rings is 2. The predicted molar refractivity (Wildman–Crippen MR) is 103 cm³/mol. The van der Waals surface area contributed by atoms with Gasteiger partial charge in [0.05, 0.1) is 5.52 Å². The van der Waals surface area contributed by atoms with Crippen molar-refractivity contribution in [3.63, 3.8) is 0 Å². The van der Waals surface area contributed by atoms with Crippen LogP contribution in [0.5, 0.6) is 0 Å². The Labute approximate surface area is 151 Å². The summed E-state index contributed by atoms with van der Waals surface area (Å²) < 4.78 is 3.88. The highest BCUT2D eigenvalue weighted by Gasteiger charge is 2.28. The molecule has 0 radical (unpaired) electrons. The molecule has 0 unspecified atom stereocenters. The second-order valence-electron chi connectivity index (χ2n) is 7.60. The molecule has 2 aliphatic carbocycles. The van der Waals surface area contributed by atoms with Crippen molar-refractivity contribution in [3.05, 3.63) is 73.9 Å². The molecule has 4 heteroatoms. The lowest BCUT2D eigenvalue weighted by molar-refractivity contribution is 0.404. The van der Waals surface area contributed by atoms with Crippen molar-refractivity contribution in [3.8, 4) is 5.69 Å². The lowest BCUT2D eigenvalue weighted by Crippen LogP contribution is -2.31. The van der Waals surface area contributed by atoms with Crippen molar-refractivity contribution in [1.29, 1.82) is 0 Å². The Morgan fingerprint density at radius 3 is 2.46 bits per heavy atom. The minimum atomic E-state index is -0.161. The van der Waals surface area contributed by atoms with Gasteiger partial charge < -0.3 is 4.57 Å². The molecular weight excluding hydrogens is 324 g/mol. The SMILES string of the molecule is Cn1c2c(c(=O)c3c(=O)n(-c4ccccc4)c(C4CCC4)cc31)CCC2. The molecule has 0 amide bonds. The van der Waals surface area contributed by atoms with E-state index in [4.69, 9.17) is 0 Å². The van der Waals surface area contributed by atoms with Gasteiger partial charge >= 0.3 is 0 Å². The molecule has 0 saturated heterocycles. The fourth-order valence-corrected chi connectivity index (χ4v) is 4.58. The van der Waals surface area contributed by atoms with Crippen molar-refractivity contribution in [1.82, 2.24) is 9.13 Å². The topological polar surface area (TPSA) is 44.0 Å². The van der Waals surface area contributed by atoms with Crippen LogP contribution in [0.2, 0.25) is 0 Å². The maximum absolute atomic E-state index is 13.5. The second-order valence-corrected chi connectivity index (χ2v) is 7.60. The summed E-state index contributed by atoms with van der Waals surface area (Å²) in [4.78, 5) is 26.6. The van der Waals surface area contributed by atoms with E-state index in [2.05, 4.69) is 10.6 Å². The van der Waals surface area contributed by atoms with E-state index in [1.165, 1.54) is 6.42 Å². The van der Waals surface area contributed by atoms with E-state index in [0.717, 1.165) is 60.3 Å². The van der Waals surface area contributed by atoms with Gasteiger partial charge in [-0.1, -0.05) is 24.6 Å². The molecule has 1 saturated carbocycles. The van der Waals surface area contributed by atoms with E-state index in [0.29, 0.717) is 11.3 Å². The van der Waals surface area contributed by atoms with Gasteiger partial charge in [0, 0.05) is 29.7 Å². The summed E-state index contributed by atoms with van der Waals surface area (Å²) in [6, 6.07) is 11.8. The van der Waals surface area contributed by atoms with Crippen molar-refractivity contribution in [2.45, 2.75) is 44.4 Å². The molecule has 1 aromatic carbocycles. The third-order valence-corrected chi connectivity index (χ3v) is 6.21. The minimum Gasteiger partial charge on any atom is -0.347 e. The Morgan fingerprint density at radius 1 is 1.00 bits per heavy atom. The minimum absolute atomic E-state index is 0.0551. The van der Waals surface area contributed by atoms with E-state index in [1.54, 1.807) is 4.57 Å². The highest BCUT2D eigenvalue weighted by atomic mass is 16.1. The molecule has 0 bridgehead atoms. The molecular formula is C22H22N2O2. The zero-order valence-electron chi connectivity index (χ0n) is 15.0. The van der Waals surface area contributed by atoms with Crippen LogP contribution in [0.25, 0.3) is 16.6 Å². The molecule has 0 spiro atoms. The summed E-state index contributed by atoms with van der Waals surface area (Å²) in [7, 11) is 2.00. The molecule has 1 fully saturated rings. The number of aromatic nitrogens is 2. The zero-order valence-corrected chi connectivity index (χ0v) is 15.0. The van der Waals surface area contributed by atoms with E-state index in [1.807, 2.05) is 37.4 Å². The second kappa shape index (κ2) is 5.70. The Morgan fingerprint density at radius 2 is 1.77 bits per heavy atom. The fourth-order valence-electron chi connectivity index (χ4n) is 4.58. The van der Waals surface area contributed by atoms with Gasteiger partial charge in [0.1, 0.15) is 5.39 Å². The van der Waals surface area contributed by atoms with Crippen LogP contribution in [-0.2, 0) is 19.9 Å². The van der Waals surface area contributed by atoms with E-state index in [-0.39, 0.29) is 11.0 Å². The van der Waals surface area contributed by atoms with E-state index < -0.39 is 0 Å². The van der Waals surface area contributed by atoms with E-state index in [9.17, 15) is 9.59 Å². The van der Waals surface area contributed by atoms with Crippen LogP contribution in [0.4, 0.5) is 0 Å². The molecule has 132 valence electrons. The lowest BCUT2D eigenvalue weighted by atomic mass is 9.82. The molecule has 0 aliphatic heterocycles. The first-order valence-electron chi connectivity index (χ1n) is 9.52. The molecule has 5 rings (SSSR count). The zero-order chi connectivity index (χ0) is 17.8. The number of hydrogen-bond acceptors (Lipinski definition) is 2. The Kier molecular flexibility index (Phi) is 3.42. The summed E-state index contributed by atoms with van der Waals surface area (Å²) in [6.45, 7) is 0. The number of nitrogens with zero attached hydrogens (tertiary/aromatic N) is 2. The van der Waals surface area contributed by atoms with Crippen LogP contribution < -0.4 is 11.0 Å². The quantitative estimate of drug-likeness (QED) is 0.713. The maximum Gasteiger partial charge on any atom is 0.268 e. The lowest BCUT2D eigenvalue weighted by Gasteiger charge is -2.29. The van der Waals surface area contributed by atoms with Crippen molar-refractivity contribution in [2.75, 3.05) is 0 Å². The number of hydrogen-bond donors (Lipinski definition) is 0. The fraction of sp³-hybridized carbons (Fsp3) is 0.364. The number of benzene rings is 1. The largest absolute Gasteiger partial charge is 0.347 e. The number of aryl methyl sites for hydroxylation is 1. The van der Waals surface area contributed by atoms with Crippen LogP contribution in [0.1, 0.15) is 48.6 Å². The standard InChI is InChI=1S/C22H22N2O2/c1-23-17-12-6-11-16(17)21(25)20-19(23)13-18(14-7-5-8-14)24(22(20)26)15-9-3-2-4-10-15/h2-4,9-10,13-14H,5-8,11-12H2,1H3. The molecule has 3 aromatic rings. The highest BCUT2D eigenvalue weighted by Crippen LogP contribution is 2.37. The average Bonchev–Trinajstić information content (AvgIpc) is 3.09. The van der Waals surface area contributed by atoms with Crippen molar-refractivity contribution < 1.29 is 0 Å². The Bertz CT molecular complexity index is 1130. The van der Waals surface area contributed by atoms with Gasteiger partial charge in [0.2, 0.25) is 0 Å². The first-order chi connectivity index (χ1) is 12.7. The van der Waals surface area contributed by atoms with Crippen LogP contribution in [0.15, 0.2) is 46.0 Å². The van der Waals surface area contributed by atoms with Crippen LogP contribution in [0.3, 0.4) is 0 Å². The normalized spacial score (nSPS) is 16.7. The molecule has 26 heavy (non-hydrogen) atoms. The van der Waals surface area contributed by atoms with Crippen molar-refractivity contribution >= 4 is 10.9 Å². The summed E-state index contributed by atoms with van der Waals surface area (Å²) in [5.74, 6) is 0.399. The van der Waals surface area contributed by atoms with Crippen LogP contribution >= 0.6 is 0 Å². The highest BCUT2D eigenvalue weighted by molar-refractivity contribution is 5.80. The van der Waals surface area contributed by atoms with Crippen LogP contribution in [-0.4, -0.2) is 9.13 Å². The summed E-state index contributed by atoms with van der Waals surface area (Å²) in [6.07, 6.45) is 6.13. The molecule has 2 aromatic heterocycles. The third-order valence-electron chi connectivity index (χ3n) is 6.21. The Hall–Kier alpha value is -2.62. The van der Waals surface area contributed by atoms with Gasteiger partial charge in [0.25, 0.3) is 5.56 Å². The average molecular weight is 346 g/mol. The van der Waals surface area contributed by atoms with Crippen molar-refractivity contribution in [2.24, 2.45) is 7.05 Å². The monoisotopic (exact) mass is 346 g/mol. The smallest absolute Gasteiger partial charge is 0.268 e. The number of rotatable bonds is 2. The summed E-state index contributed by atoms with van der Waals surface area (Å²) in [5, 5.41) is 0.347. The molecule has 4 nitrogen and oxygen atoms in total. The summed E-state index contributed by atoms with van der Waals surface area (Å²) >= 11 is 0. The van der Waals surface area contributed by atoms with Gasteiger partial charge in [0.15, 0.2) is 5.43 Å². The molecule has 0 N–H and O–H groups in total. The summed E-state index contributed by atoms with van der Waals surface area (Å²) in [5.41, 5.74) is 4.44. The predicted octanol–water partition coefficient (Wildman–Crippen LogP) is 3.45. The van der Waals surface area contributed by atoms with Crippen LogP contribution in [0, 0.1) is 0 Å². The van der Waals surface area contributed by atoms with E-state index >= 15 is 0 Å². The van der Waals surface area contributed by atoms with Gasteiger partial charge in [-0.3, -0.25) is 14.2 Å². The maximum atomic E-state index is 13.5. The first kappa shape index (κ1) is 15.6. The number of para-hydroxylation sites is 1. The molecule has 2 aliphatic rings. The van der Waals surface area contributed by atoms with Gasteiger partial charge in [-0.15, -0.1) is 0 Å². The third kappa shape index (κ3) is 2.08. The number of fused-ring (bicyclic) bond motifs is 2. The molecule has 0 atom stereocenters. The van der Waals surface area contributed by atoms with Gasteiger partial charge in [-0.2, -0.15) is 0 Å².